The van der Waals surface area contributed by atoms with Gasteiger partial charge in [-0.1, -0.05) is 22.4 Å². The Morgan fingerprint density at radius 3 is 2.95 bits per heavy atom. The van der Waals surface area contributed by atoms with E-state index >= 15 is 0 Å². The van der Waals surface area contributed by atoms with Crippen LogP contribution in [-0.2, 0) is 6.54 Å². The van der Waals surface area contributed by atoms with Gasteiger partial charge in [-0.2, -0.15) is 11.8 Å². The lowest BCUT2D eigenvalue weighted by atomic mass is 9.95. The number of thioether (sulfide) groups is 1. The third kappa shape index (κ3) is 4.20. The van der Waals surface area contributed by atoms with Crippen LogP contribution in [0.15, 0.2) is 22.7 Å². The summed E-state index contributed by atoms with van der Waals surface area (Å²) in [5, 5.41) is 15.0. The molecule has 1 aromatic carbocycles. The molecule has 0 saturated heterocycles. The molecule has 0 heterocycles. The van der Waals surface area contributed by atoms with Crippen LogP contribution in [0, 0.1) is 10.1 Å². The second-order valence-corrected chi connectivity index (χ2v) is 7.13. The average Bonchev–Trinajstić information content (AvgIpc) is 2.46. The zero-order valence-electron chi connectivity index (χ0n) is 11.5. The van der Waals surface area contributed by atoms with Crippen molar-refractivity contribution >= 4 is 33.4 Å². The Morgan fingerprint density at radius 2 is 2.30 bits per heavy atom. The molecule has 1 aliphatic carbocycles. The van der Waals surface area contributed by atoms with E-state index in [9.17, 15) is 10.1 Å². The van der Waals surface area contributed by atoms with E-state index in [4.69, 9.17) is 0 Å². The van der Waals surface area contributed by atoms with Crippen LogP contribution >= 0.6 is 27.7 Å². The number of benzene rings is 1. The Kier molecular flexibility index (Phi) is 5.86. The van der Waals surface area contributed by atoms with Gasteiger partial charge in [0.25, 0.3) is 5.69 Å². The molecular formula is C14H19BrN2O2S. The van der Waals surface area contributed by atoms with E-state index in [0.717, 1.165) is 21.8 Å². The number of nitro groups is 1. The van der Waals surface area contributed by atoms with E-state index in [2.05, 4.69) is 27.5 Å². The smallest absolute Gasteiger partial charge is 0.270 e. The monoisotopic (exact) mass is 358 g/mol. The number of nitro benzene ring substituents is 1. The van der Waals surface area contributed by atoms with E-state index in [-0.39, 0.29) is 10.6 Å². The summed E-state index contributed by atoms with van der Waals surface area (Å²) in [6.45, 7) is 0.754. The van der Waals surface area contributed by atoms with Gasteiger partial charge < -0.3 is 5.32 Å². The van der Waals surface area contributed by atoms with Crippen molar-refractivity contribution in [2.45, 2.75) is 43.5 Å². The molecule has 0 bridgehead atoms. The van der Waals surface area contributed by atoms with Gasteiger partial charge in [-0.15, -0.1) is 0 Å². The summed E-state index contributed by atoms with van der Waals surface area (Å²) in [5.41, 5.74) is 1.20. The summed E-state index contributed by atoms with van der Waals surface area (Å²) in [5.74, 6) is 0. The third-order valence-corrected chi connectivity index (χ3v) is 5.62. The lowest BCUT2D eigenvalue weighted by Crippen LogP contribution is -2.34. The second kappa shape index (κ2) is 7.43. The summed E-state index contributed by atoms with van der Waals surface area (Å²) < 4.78 is 0.802. The van der Waals surface area contributed by atoms with Crippen molar-refractivity contribution in [1.29, 1.82) is 0 Å². The predicted molar refractivity (Wildman–Crippen MR) is 87.2 cm³/mol. The van der Waals surface area contributed by atoms with E-state index in [1.165, 1.54) is 25.7 Å². The molecule has 2 rings (SSSR count). The van der Waals surface area contributed by atoms with Gasteiger partial charge in [-0.25, -0.2) is 0 Å². The lowest BCUT2D eigenvalue weighted by molar-refractivity contribution is -0.384. The van der Waals surface area contributed by atoms with Gasteiger partial charge in [0.05, 0.1) is 4.92 Å². The number of rotatable bonds is 5. The first-order valence-electron chi connectivity index (χ1n) is 6.79. The molecule has 1 saturated carbocycles. The first-order chi connectivity index (χ1) is 9.60. The van der Waals surface area contributed by atoms with Crippen molar-refractivity contribution in [2.24, 2.45) is 0 Å². The summed E-state index contributed by atoms with van der Waals surface area (Å²) in [7, 11) is 0. The quantitative estimate of drug-likeness (QED) is 0.635. The molecule has 20 heavy (non-hydrogen) atoms. The molecule has 2 unspecified atom stereocenters. The Labute approximate surface area is 132 Å². The Balaban J connectivity index is 1.92. The van der Waals surface area contributed by atoms with E-state index in [0.29, 0.717) is 6.04 Å². The van der Waals surface area contributed by atoms with Crippen molar-refractivity contribution in [3.8, 4) is 0 Å². The van der Waals surface area contributed by atoms with Crippen LogP contribution < -0.4 is 5.32 Å². The Morgan fingerprint density at radius 1 is 1.50 bits per heavy atom. The summed E-state index contributed by atoms with van der Waals surface area (Å²) in [6.07, 6.45) is 7.22. The van der Waals surface area contributed by atoms with Crippen LogP contribution in [0.1, 0.15) is 31.2 Å². The normalized spacial score (nSPS) is 22.7. The molecular weight excluding hydrogens is 340 g/mol. The van der Waals surface area contributed by atoms with Gasteiger partial charge in [-0.05, 0) is 37.1 Å². The van der Waals surface area contributed by atoms with Crippen molar-refractivity contribution in [1.82, 2.24) is 5.32 Å². The fraction of sp³-hybridized carbons (Fsp3) is 0.571. The zero-order valence-corrected chi connectivity index (χ0v) is 13.9. The minimum Gasteiger partial charge on any atom is -0.310 e. The van der Waals surface area contributed by atoms with Crippen LogP contribution in [-0.4, -0.2) is 22.5 Å². The third-order valence-electron chi connectivity index (χ3n) is 3.79. The molecule has 0 aliphatic heterocycles. The van der Waals surface area contributed by atoms with Crippen molar-refractivity contribution in [2.75, 3.05) is 6.26 Å². The summed E-state index contributed by atoms with van der Waals surface area (Å²) >= 11 is 5.37. The highest BCUT2D eigenvalue weighted by atomic mass is 79.9. The molecule has 1 aromatic rings. The molecule has 0 aromatic heterocycles. The fourth-order valence-corrected chi connectivity index (χ4v) is 3.93. The Bertz CT molecular complexity index is 484. The highest BCUT2D eigenvalue weighted by molar-refractivity contribution is 9.10. The van der Waals surface area contributed by atoms with Crippen LogP contribution in [0.2, 0.25) is 0 Å². The number of nitrogens with zero attached hydrogens (tertiary/aromatic N) is 1. The van der Waals surface area contributed by atoms with Gasteiger partial charge in [0.1, 0.15) is 0 Å². The number of non-ortho nitro benzene ring substituents is 1. The van der Waals surface area contributed by atoms with Gasteiger partial charge in [0.2, 0.25) is 0 Å². The molecule has 0 amide bonds. The maximum Gasteiger partial charge on any atom is 0.270 e. The molecule has 1 fully saturated rings. The minimum absolute atomic E-state index is 0.126. The van der Waals surface area contributed by atoms with Gasteiger partial charge in [0.15, 0.2) is 0 Å². The predicted octanol–water partition coefficient (Wildman–Crippen LogP) is 4.12. The van der Waals surface area contributed by atoms with Crippen LogP contribution in [0.25, 0.3) is 0 Å². The molecule has 1 aliphatic rings. The van der Waals surface area contributed by atoms with Crippen molar-refractivity contribution < 1.29 is 4.92 Å². The van der Waals surface area contributed by atoms with Gasteiger partial charge >= 0.3 is 0 Å². The molecule has 0 spiro atoms. The summed E-state index contributed by atoms with van der Waals surface area (Å²) in [4.78, 5) is 10.3. The maximum atomic E-state index is 10.7. The van der Waals surface area contributed by atoms with Crippen LogP contribution in [0.3, 0.4) is 0 Å². The molecule has 2 atom stereocenters. The largest absolute Gasteiger partial charge is 0.310 e. The van der Waals surface area contributed by atoms with Gasteiger partial charge in [-0.3, -0.25) is 10.1 Å². The number of nitrogens with one attached hydrogen (secondary N) is 1. The van der Waals surface area contributed by atoms with E-state index in [1.54, 1.807) is 12.1 Å². The highest BCUT2D eigenvalue weighted by Crippen LogP contribution is 2.28. The molecule has 4 nitrogen and oxygen atoms in total. The van der Waals surface area contributed by atoms with Crippen molar-refractivity contribution in [3.05, 3.63) is 38.3 Å². The van der Waals surface area contributed by atoms with Crippen LogP contribution in [0.4, 0.5) is 5.69 Å². The lowest BCUT2D eigenvalue weighted by Gasteiger charge is -2.29. The molecule has 6 heteroatoms. The highest BCUT2D eigenvalue weighted by Gasteiger charge is 2.21. The number of hydrogen-bond donors (Lipinski definition) is 1. The molecule has 110 valence electrons. The van der Waals surface area contributed by atoms with E-state index < -0.39 is 0 Å². The minimum atomic E-state index is -0.369. The maximum absolute atomic E-state index is 10.7. The summed E-state index contributed by atoms with van der Waals surface area (Å²) in [6, 6.07) is 5.52. The molecule has 0 radical (unpaired) electrons. The first kappa shape index (κ1) is 15.8. The second-order valence-electron chi connectivity index (χ2n) is 5.13. The average molecular weight is 359 g/mol. The van der Waals surface area contributed by atoms with Crippen LogP contribution in [0.5, 0.6) is 0 Å². The van der Waals surface area contributed by atoms with Gasteiger partial charge in [0, 0.05) is 34.4 Å². The zero-order chi connectivity index (χ0) is 14.5. The van der Waals surface area contributed by atoms with Crippen molar-refractivity contribution in [3.63, 3.8) is 0 Å². The fourth-order valence-electron chi connectivity index (χ4n) is 2.59. The first-order valence-corrected chi connectivity index (χ1v) is 8.87. The Hall–Kier alpha value is -0.590. The standard InChI is InChI=1S/C14H19BrN2O2S/c1-20-13-4-2-3-11(7-13)16-9-10-5-6-12(17(18)19)8-14(10)15/h5-6,8,11,13,16H,2-4,7,9H2,1H3. The topological polar surface area (TPSA) is 55.2 Å². The molecule has 1 N–H and O–H groups in total. The number of hydrogen-bond acceptors (Lipinski definition) is 4. The number of halogens is 1. The SMILES string of the molecule is CSC1CCCC(NCc2ccc([N+](=O)[O-])cc2Br)C1. The van der Waals surface area contributed by atoms with E-state index in [1.807, 2.05) is 17.8 Å².